The van der Waals surface area contributed by atoms with Gasteiger partial charge in [-0.2, -0.15) is 0 Å². The molecule has 2 aromatic carbocycles. The molecular formula is C20H27N. The average Bonchev–Trinajstić information content (AvgIpc) is 2.53. The van der Waals surface area contributed by atoms with Crippen LogP contribution in [0.3, 0.4) is 0 Å². The summed E-state index contributed by atoms with van der Waals surface area (Å²) >= 11 is 0. The lowest BCUT2D eigenvalue weighted by molar-refractivity contribution is 0.250. The summed E-state index contributed by atoms with van der Waals surface area (Å²) in [6, 6.07) is 21.6. The van der Waals surface area contributed by atoms with Crippen LogP contribution in [0.4, 0.5) is 0 Å². The highest BCUT2D eigenvalue weighted by Crippen LogP contribution is 2.12. The molecule has 2 rings (SSSR count). The summed E-state index contributed by atoms with van der Waals surface area (Å²) < 4.78 is 0. The lowest BCUT2D eigenvalue weighted by Gasteiger charge is -2.22. The van der Waals surface area contributed by atoms with Crippen molar-refractivity contribution in [3.63, 3.8) is 0 Å². The molecule has 0 heterocycles. The molecule has 21 heavy (non-hydrogen) atoms. The molecule has 0 atom stereocenters. The van der Waals surface area contributed by atoms with Crippen LogP contribution < -0.4 is 0 Å². The molecule has 0 aliphatic carbocycles. The van der Waals surface area contributed by atoms with Crippen LogP contribution in [-0.2, 0) is 13.1 Å². The molecule has 0 aromatic heterocycles. The van der Waals surface area contributed by atoms with E-state index >= 15 is 0 Å². The number of hydrogen-bond donors (Lipinski definition) is 0. The predicted octanol–water partition coefficient (Wildman–Crippen LogP) is 5.27. The quantitative estimate of drug-likeness (QED) is 0.566. The van der Waals surface area contributed by atoms with Gasteiger partial charge in [0.25, 0.3) is 0 Å². The van der Waals surface area contributed by atoms with Crippen molar-refractivity contribution in [2.24, 2.45) is 0 Å². The summed E-state index contributed by atoms with van der Waals surface area (Å²) in [7, 11) is 0. The van der Waals surface area contributed by atoms with E-state index in [-0.39, 0.29) is 0 Å². The summed E-state index contributed by atoms with van der Waals surface area (Å²) in [5.41, 5.74) is 2.81. The first-order valence-electron chi connectivity index (χ1n) is 8.18. The van der Waals surface area contributed by atoms with Gasteiger partial charge in [-0.05, 0) is 24.1 Å². The number of nitrogens with zero attached hydrogens (tertiary/aromatic N) is 1. The van der Waals surface area contributed by atoms with E-state index in [1.807, 2.05) is 0 Å². The molecule has 0 amide bonds. The minimum atomic E-state index is 1.04. The first kappa shape index (κ1) is 15.8. The summed E-state index contributed by atoms with van der Waals surface area (Å²) in [6.45, 7) is 5.54. The molecular weight excluding hydrogens is 254 g/mol. The van der Waals surface area contributed by atoms with Gasteiger partial charge in [0, 0.05) is 13.1 Å². The lowest BCUT2D eigenvalue weighted by Crippen LogP contribution is -2.24. The Labute approximate surface area is 129 Å². The van der Waals surface area contributed by atoms with Crippen molar-refractivity contribution in [3.8, 4) is 0 Å². The van der Waals surface area contributed by atoms with Crippen molar-refractivity contribution in [2.45, 2.75) is 45.7 Å². The van der Waals surface area contributed by atoms with Gasteiger partial charge in [0.15, 0.2) is 0 Å². The van der Waals surface area contributed by atoms with E-state index in [9.17, 15) is 0 Å². The Balaban J connectivity index is 1.93. The Morgan fingerprint density at radius 1 is 0.667 bits per heavy atom. The fraction of sp³-hybridized carbons (Fsp3) is 0.400. The van der Waals surface area contributed by atoms with Crippen molar-refractivity contribution < 1.29 is 0 Å². The van der Waals surface area contributed by atoms with Gasteiger partial charge >= 0.3 is 0 Å². The number of benzene rings is 2. The topological polar surface area (TPSA) is 3.24 Å². The maximum absolute atomic E-state index is 2.57. The smallest absolute Gasteiger partial charge is 0.0237 e. The van der Waals surface area contributed by atoms with Crippen LogP contribution in [0.2, 0.25) is 0 Å². The first-order chi connectivity index (χ1) is 10.4. The highest BCUT2D eigenvalue weighted by atomic mass is 15.1. The molecule has 1 nitrogen and oxygen atoms in total. The number of hydrogen-bond acceptors (Lipinski definition) is 1. The van der Waals surface area contributed by atoms with Gasteiger partial charge in [-0.25, -0.2) is 0 Å². The van der Waals surface area contributed by atoms with Gasteiger partial charge in [-0.3, -0.25) is 4.90 Å². The normalized spacial score (nSPS) is 11.0. The van der Waals surface area contributed by atoms with Crippen LogP contribution in [0.15, 0.2) is 60.7 Å². The molecule has 0 saturated carbocycles. The minimum absolute atomic E-state index is 1.04. The van der Waals surface area contributed by atoms with Gasteiger partial charge in [-0.15, -0.1) is 0 Å². The first-order valence-corrected chi connectivity index (χ1v) is 8.18. The highest BCUT2D eigenvalue weighted by Gasteiger charge is 2.06. The van der Waals surface area contributed by atoms with Crippen LogP contribution >= 0.6 is 0 Å². The summed E-state index contributed by atoms with van der Waals surface area (Å²) in [6.07, 6.45) is 5.30. The number of rotatable bonds is 9. The van der Waals surface area contributed by atoms with Crippen molar-refractivity contribution in [1.29, 1.82) is 0 Å². The molecule has 0 aliphatic heterocycles. The predicted molar refractivity (Wildman–Crippen MR) is 91.1 cm³/mol. The Morgan fingerprint density at radius 3 is 1.67 bits per heavy atom. The van der Waals surface area contributed by atoms with Gasteiger partial charge in [0.1, 0.15) is 0 Å². The molecule has 2 aromatic rings. The molecule has 0 saturated heterocycles. The largest absolute Gasteiger partial charge is 0.295 e. The maximum Gasteiger partial charge on any atom is 0.0237 e. The van der Waals surface area contributed by atoms with E-state index in [2.05, 4.69) is 72.5 Å². The molecule has 112 valence electrons. The van der Waals surface area contributed by atoms with E-state index < -0.39 is 0 Å². The second-order valence-corrected chi connectivity index (χ2v) is 5.74. The standard InChI is InChI=1S/C20H27N/c1-2-3-4-11-16-21(17-19-12-7-5-8-13-19)18-20-14-9-6-10-15-20/h5-10,12-15H,2-4,11,16-18H2,1H3. The zero-order chi connectivity index (χ0) is 14.8. The zero-order valence-corrected chi connectivity index (χ0v) is 13.2. The molecule has 0 fully saturated rings. The van der Waals surface area contributed by atoms with E-state index in [1.54, 1.807) is 0 Å². The lowest BCUT2D eigenvalue weighted by atomic mass is 10.1. The van der Waals surface area contributed by atoms with Crippen LogP contribution in [-0.4, -0.2) is 11.4 Å². The fourth-order valence-electron chi connectivity index (χ4n) is 2.66. The van der Waals surface area contributed by atoms with Crippen molar-refractivity contribution in [1.82, 2.24) is 4.90 Å². The Bertz CT molecular complexity index is 436. The summed E-state index contributed by atoms with van der Waals surface area (Å²) in [4.78, 5) is 2.57. The molecule has 0 spiro atoms. The van der Waals surface area contributed by atoms with E-state index in [1.165, 1.54) is 43.4 Å². The minimum Gasteiger partial charge on any atom is -0.295 e. The van der Waals surface area contributed by atoms with E-state index in [4.69, 9.17) is 0 Å². The third-order valence-corrected chi connectivity index (χ3v) is 3.83. The third-order valence-electron chi connectivity index (χ3n) is 3.83. The fourth-order valence-corrected chi connectivity index (χ4v) is 2.66. The molecule has 0 radical (unpaired) electrons. The SMILES string of the molecule is CCCCCCN(Cc1ccccc1)Cc1ccccc1. The van der Waals surface area contributed by atoms with Crippen molar-refractivity contribution in [3.05, 3.63) is 71.8 Å². The summed E-state index contributed by atoms with van der Waals surface area (Å²) in [5, 5.41) is 0. The maximum atomic E-state index is 2.57. The number of unbranched alkanes of at least 4 members (excludes halogenated alkanes) is 3. The van der Waals surface area contributed by atoms with Crippen molar-refractivity contribution in [2.75, 3.05) is 6.54 Å². The molecule has 0 unspecified atom stereocenters. The van der Waals surface area contributed by atoms with Gasteiger partial charge in [0.05, 0.1) is 0 Å². The highest BCUT2D eigenvalue weighted by molar-refractivity contribution is 5.17. The van der Waals surface area contributed by atoms with Gasteiger partial charge < -0.3 is 0 Å². The second kappa shape index (κ2) is 9.36. The zero-order valence-electron chi connectivity index (χ0n) is 13.2. The monoisotopic (exact) mass is 281 g/mol. The van der Waals surface area contributed by atoms with Crippen molar-refractivity contribution >= 4 is 0 Å². The van der Waals surface area contributed by atoms with E-state index in [0.717, 1.165) is 13.1 Å². The second-order valence-electron chi connectivity index (χ2n) is 5.74. The molecule has 1 heteroatoms. The van der Waals surface area contributed by atoms with Crippen LogP contribution in [0.25, 0.3) is 0 Å². The molecule has 0 aliphatic rings. The van der Waals surface area contributed by atoms with E-state index in [0.29, 0.717) is 0 Å². The van der Waals surface area contributed by atoms with Crippen LogP contribution in [0.1, 0.15) is 43.7 Å². The van der Waals surface area contributed by atoms with Crippen LogP contribution in [0.5, 0.6) is 0 Å². The Hall–Kier alpha value is -1.60. The Morgan fingerprint density at radius 2 is 1.19 bits per heavy atom. The van der Waals surface area contributed by atoms with Gasteiger partial charge in [0.2, 0.25) is 0 Å². The van der Waals surface area contributed by atoms with Crippen LogP contribution in [0, 0.1) is 0 Å². The Kier molecular flexibility index (Phi) is 7.03. The third kappa shape index (κ3) is 6.14. The molecule has 0 bridgehead atoms. The van der Waals surface area contributed by atoms with Gasteiger partial charge in [-0.1, -0.05) is 86.8 Å². The molecule has 0 N–H and O–H groups in total. The average molecular weight is 281 g/mol. The summed E-state index contributed by atoms with van der Waals surface area (Å²) in [5.74, 6) is 0.